The van der Waals surface area contributed by atoms with Gasteiger partial charge >= 0.3 is 0 Å². The minimum atomic E-state index is -0.299. The van der Waals surface area contributed by atoms with E-state index in [1.54, 1.807) is 30.5 Å². The Labute approximate surface area is 125 Å². The van der Waals surface area contributed by atoms with Crippen LogP contribution in [0, 0.1) is 5.82 Å². The van der Waals surface area contributed by atoms with Crippen molar-refractivity contribution in [3.63, 3.8) is 0 Å². The summed E-state index contributed by atoms with van der Waals surface area (Å²) in [6, 6.07) is 13.3. The number of fused-ring (bicyclic) bond motifs is 2. The predicted octanol–water partition coefficient (Wildman–Crippen LogP) is 4.00. The Kier molecular flexibility index (Phi) is 2.82. The largest absolute Gasteiger partial charge is 0.440 e. The maximum Gasteiger partial charge on any atom is 0.205 e. The van der Waals surface area contributed by atoms with Crippen LogP contribution in [-0.2, 0) is 0 Å². The van der Waals surface area contributed by atoms with Crippen molar-refractivity contribution in [3.8, 4) is 0 Å². The number of hydrogen-bond donors (Lipinski definition) is 1. The van der Waals surface area contributed by atoms with Crippen LogP contribution >= 0.6 is 0 Å². The van der Waals surface area contributed by atoms with Crippen molar-refractivity contribution >= 4 is 16.9 Å². The molecule has 108 valence electrons. The predicted molar refractivity (Wildman–Crippen MR) is 83.5 cm³/mol. The van der Waals surface area contributed by atoms with Gasteiger partial charge in [-0.25, -0.2) is 4.39 Å². The van der Waals surface area contributed by atoms with E-state index in [1.165, 1.54) is 12.1 Å². The Morgan fingerprint density at radius 3 is 2.64 bits per heavy atom. The van der Waals surface area contributed by atoms with Gasteiger partial charge in [-0.15, -0.1) is 0 Å². The second kappa shape index (κ2) is 4.84. The third-order valence-corrected chi connectivity index (χ3v) is 3.88. The van der Waals surface area contributed by atoms with Crippen LogP contribution < -0.4 is 10.7 Å². The highest BCUT2D eigenvalue weighted by Crippen LogP contribution is 2.34. The second-order valence-corrected chi connectivity index (χ2v) is 5.20. The van der Waals surface area contributed by atoms with E-state index < -0.39 is 0 Å². The standard InChI is InChI=1S/C18H12FNO2/c19-12-7-5-11(6-8-12)13-9-10-20-18-16(13)17(21)14-3-1-2-4-15(14)22-18/h1-10,13,20H. The molecule has 0 aliphatic carbocycles. The average Bonchev–Trinajstić information content (AvgIpc) is 2.55. The maximum absolute atomic E-state index is 13.1. The van der Waals surface area contributed by atoms with E-state index in [2.05, 4.69) is 5.32 Å². The van der Waals surface area contributed by atoms with Gasteiger partial charge < -0.3 is 9.73 Å². The zero-order valence-electron chi connectivity index (χ0n) is 11.5. The number of allylic oxidation sites excluding steroid dienone is 1. The van der Waals surface area contributed by atoms with Crippen molar-refractivity contribution in [2.24, 2.45) is 0 Å². The molecule has 0 amide bonds. The van der Waals surface area contributed by atoms with Crippen molar-refractivity contribution < 1.29 is 8.81 Å². The molecule has 22 heavy (non-hydrogen) atoms. The highest BCUT2D eigenvalue weighted by Gasteiger charge is 2.24. The van der Waals surface area contributed by atoms with Gasteiger partial charge in [0.2, 0.25) is 5.88 Å². The van der Waals surface area contributed by atoms with E-state index in [-0.39, 0.29) is 17.2 Å². The van der Waals surface area contributed by atoms with Gasteiger partial charge in [0.25, 0.3) is 0 Å². The van der Waals surface area contributed by atoms with E-state index in [1.807, 2.05) is 18.2 Å². The summed E-state index contributed by atoms with van der Waals surface area (Å²) in [6.07, 6.45) is 3.62. The maximum atomic E-state index is 13.1. The summed E-state index contributed by atoms with van der Waals surface area (Å²) in [4.78, 5) is 12.8. The second-order valence-electron chi connectivity index (χ2n) is 5.20. The molecule has 1 unspecified atom stereocenters. The Morgan fingerprint density at radius 2 is 1.82 bits per heavy atom. The minimum Gasteiger partial charge on any atom is -0.440 e. The molecule has 0 saturated heterocycles. The molecule has 3 aromatic rings. The van der Waals surface area contributed by atoms with Crippen LogP contribution in [0.5, 0.6) is 0 Å². The minimum absolute atomic E-state index is 0.0666. The van der Waals surface area contributed by atoms with Gasteiger partial charge in [0.05, 0.1) is 10.9 Å². The number of nitrogens with one attached hydrogen (secondary N) is 1. The monoisotopic (exact) mass is 293 g/mol. The van der Waals surface area contributed by atoms with Crippen molar-refractivity contribution in [2.75, 3.05) is 5.32 Å². The van der Waals surface area contributed by atoms with Crippen LogP contribution in [0.25, 0.3) is 11.0 Å². The van der Waals surface area contributed by atoms with Crippen LogP contribution in [0.15, 0.2) is 70.0 Å². The Morgan fingerprint density at radius 1 is 1.05 bits per heavy atom. The number of anilines is 1. The van der Waals surface area contributed by atoms with Crippen molar-refractivity contribution in [1.29, 1.82) is 0 Å². The van der Waals surface area contributed by atoms with Crippen molar-refractivity contribution in [3.05, 3.63) is 88.0 Å². The average molecular weight is 293 g/mol. The van der Waals surface area contributed by atoms with Crippen LogP contribution in [0.3, 0.4) is 0 Å². The van der Waals surface area contributed by atoms with Gasteiger partial charge in [-0.1, -0.05) is 30.3 Å². The number of benzene rings is 2. The first-order chi connectivity index (χ1) is 10.7. The van der Waals surface area contributed by atoms with Crippen LogP contribution in [0.2, 0.25) is 0 Å². The highest BCUT2D eigenvalue weighted by atomic mass is 19.1. The molecule has 4 rings (SSSR count). The first kappa shape index (κ1) is 12.8. The number of para-hydroxylation sites is 1. The van der Waals surface area contributed by atoms with Crippen LogP contribution in [-0.4, -0.2) is 0 Å². The summed E-state index contributed by atoms with van der Waals surface area (Å²) < 4.78 is 18.9. The SMILES string of the molecule is O=c1c2c(oc3ccccc13)NC=CC2c1ccc(F)cc1. The van der Waals surface area contributed by atoms with Gasteiger partial charge in [-0.2, -0.15) is 0 Å². The molecule has 2 aromatic carbocycles. The van der Waals surface area contributed by atoms with E-state index >= 15 is 0 Å². The lowest BCUT2D eigenvalue weighted by molar-refractivity contribution is 0.607. The Balaban J connectivity index is 1.97. The Hall–Kier alpha value is -2.88. The molecule has 3 nitrogen and oxygen atoms in total. The van der Waals surface area contributed by atoms with E-state index in [4.69, 9.17) is 4.42 Å². The van der Waals surface area contributed by atoms with E-state index in [0.717, 1.165) is 5.56 Å². The van der Waals surface area contributed by atoms with Crippen molar-refractivity contribution in [1.82, 2.24) is 0 Å². The fourth-order valence-electron chi connectivity index (χ4n) is 2.81. The summed E-state index contributed by atoms with van der Waals surface area (Å²) in [5.41, 5.74) is 1.88. The molecule has 0 spiro atoms. The van der Waals surface area contributed by atoms with Crippen LogP contribution in [0.4, 0.5) is 10.3 Å². The molecular weight excluding hydrogens is 281 g/mol. The molecule has 1 atom stereocenters. The number of halogens is 1. The van der Waals surface area contributed by atoms with Gasteiger partial charge in [0.1, 0.15) is 11.4 Å². The normalized spacial score (nSPS) is 16.3. The molecule has 2 heterocycles. The smallest absolute Gasteiger partial charge is 0.205 e. The third-order valence-electron chi connectivity index (χ3n) is 3.88. The number of rotatable bonds is 1. The molecule has 1 aliphatic rings. The lowest BCUT2D eigenvalue weighted by Crippen LogP contribution is -2.19. The van der Waals surface area contributed by atoms with Gasteiger partial charge in [-0.05, 0) is 29.8 Å². The fraction of sp³-hybridized carbons (Fsp3) is 0.0556. The Bertz CT molecular complexity index is 941. The molecule has 0 bridgehead atoms. The van der Waals surface area contributed by atoms with Crippen molar-refractivity contribution in [2.45, 2.75) is 5.92 Å². The summed E-state index contributed by atoms with van der Waals surface area (Å²) in [5.74, 6) is -0.106. The lowest BCUT2D eigenvalue weighted by atomic mass is 9.89. The quantitative estimate of drug-likeness (QED) is 0.737. The molecule has 0 radical (unpaired) electrons. The summed E-state index contributed by atoms with van der Waals surface area (Å²) in [7, 11) is 0. The molecule has 4 heteroatoms. The molecule has 0 fully saturated rings. The summed E-state index contributed by atoms with van der Waals surface area (Å²) >= 11 is 0. The van der Waals surface area contributed by atoms with Gasteiger partial charge in [-0.3, -0.25) is 4.79 Å². The zero-order valence-corrected chi connectivity index (χ0v) is 11.5. The zero-order chi connectivity index (χ0) is 15.1. The first-order valence-corrected chi connectivity index (χ1v) is 6.98. The van der Waals surface area contributed by atoms with E-state index in [0.29, 0.717) is 22.4 Å². The number of hydrogen-bond acceptors (Lipinski definition) is 3. The lowest BCUT2D eigenvalue weighted by Gasteiger charge is -2.20. The van der Waals surface area contributed by atoms with Crippen LogP contribution in [0.1, 0.15) is 17.0 Å². The van der Waals surface area contributed by atoms with E-state index in [9.17, 15) is 9.18 Å². The fourth-order valence-corrected chi connectivity index (χ4v) is 2.81. The van der Waals surface area contributed by atoms with Gasteiger partial charge in [0.15, 0.2) is 5.43 Å². The highest BCUT2D eigenvalue weighted by molar-refractivity contribution is 5.80. The first-order valence-electron chi connectivity index (χ1n) is 6.98. The molecule has 1 aliphatic heterocycles. The summed E-state index contributed by atoms with van der Waals surface area (Å²) in [5, 5.41) is 3.53. The topological polar surface area (TPSA) is 42.2 Å². The molecule has 0 saturated carbocycles. The molecular formula is C18H12FNO2. The van der Waals surface area contributed by atoms with Gasteiger partial charge in [0, 0.05) is 12.1 Å². The molecule has 1 N–H and O–H groups in total. The third kappa shape index (κ3) is 1.92. The summed E-state index contributed by atoms with van der Waals surface area (Å²) in [6.45, 7) is 0. The molecule has 1 aromatic heterocycles.